The molecule has 0 unspecified atom stereocenters. The third kappa shape index (κ3) is 3.94. The van der Waals surface area contributed by atoms with Gasteiger partial charge in [0.25, 0.3) is 5.91 Å². The third-order valence-electron chi connectivity index (χ3n) is 4.71. The van der Waals surface area contributed by atoms with Gasteiger partial charge in [-0.15, -0.1) is 0 Å². The quantitative estimate of drug-likeness (QED) is 0.508. The molecule has 2 aromatic heterocycles. The Kier molecular flexibility index (Phi) is 5.32. The fourth-order valence-corrected chi connectivity index (χ4v) is 4.93. The predicted molar refractivity (Wildman–Crippen MR) is 114 cm³/mol. The topological polar surface area (TPSA) is 80.5 Å². The fourth-order valence-electron chi connectivity index (χ4n) is 3.08. The molecule has 1 N–H and O–H groups in total. The van der Waals surface area contributed by atoms with Crippen LogP contribution in [0.1, 0.15) is 21.5 Å². The van der Waals surface area contributed by atoms with Crippen molar-refractivity contribution in [3.63, 3.8) is 0 Å². The van der Waals surface area contributed by atoms with Crippen molar-refractivity contribution in [3.05, 3.63) is 94.9 Å². The van der Waals surface area contributed by atoms with Gasteiger partial charge in [0.05, 0.1) is 20.4 Å². The van der Waals surface area contributed by atoms with Crippen molar-refractivity contribution in [2.24, 2.45) is 0 Å². The monoisotopic (exact) mass is 439 g/mol. The number of hydrogen-bond acceptors (Lipinski definition) is 4. The summed E-state index contributed by atoms with van der Waals surface area (Å²) >= 11 is 6.13. The average Bonchev–Trinajstić information content (AvgIpc) is 3.20. The molecule has 4 aromatic rings. The molecule has 0 aliphatic rings. The highest BCUT2D eigenvalue weighted by Gasteiger charge is 2.20. The molecule has 4 rings (SSSR count). The summed E-state index contributed by atoms with van der Waals surface area (Å²) in [7, 11) is -3.72. The molecule has 1 amide bonds. The van der Waals surface area contributed by atoms with E-state index in [4.69, 9.17) is 11.6 Å². The van der Waals surface area contributed by atoms with E-state index < -0.39 is 9.84 Å². The molecule has 0 aliphatic carbocycles. The molecule has 0 spiro atoms. The Morgan fingerprint density at radius 1 is 1.10 bits per heavy atom. The Morgan fingerprint density at radius 2 is 1.87 bits per heavy atom. The summed E-state index contributed by atoms with van der Waals surface area (Å²) in [5.41, 5.74) is 2.93. The first-order chi connectivity index (χ1) is 14.3. The maximum Gasteiger partial charge on any atom is 0.253 e. The number of aromatic nitrogens is 2. The standard InChI is InChI=1S/C22H18ClN3O3S/c1-15-2-8-20(19(23)12-15)30(28,29)18-6-3-16(4-7-18)13-25-22(27)17-5-9-21-24-10-11-26(21)14-17/h2-12,14H,13H2,1H3,(H,25,27). The molecule has 0 saturated heterocycles. The van der Waals surface area contributed by atoms with Crippen LogP contribution in [0.2, 0.25) is 5.02 Å². The van der Waals surface area contributed by atoms with Gasteiger partial charge in [-0.2, -0.15) is 0 Å². The van der Waals surface area contributed by atoms with E-state index in [9.17, 15) is 13.2 Å². The first kappa shape index (κ1) is 20.1. The molecule has 0 aliphatic heterocycles. The van der Waals surface area contributed by atoms with E-state index in [0.29, 0.717) is 5.56 Å². The van der Waals surface area contributed by atoms with Crippen molar-refractivity contribution in [2.45, 2.75) is 23.3 Å². The van der Waals surface area contributed by atoms with Gasteiger partial charge in [-0.3, -0.25) is 4.79 Å². The van der Waals surface area contributed by atoms with Gasteiger partial charge >= 0.3 is 0 Å². The highest BCUT2D eigenvalue weighted by Crippen LogP contribution is 2.28. The molecular formula is C22H18ClN3O3S. The number of fused-ring (bicyclic) bond motifs is 1. The maximum absolute atomic E-state index is 12.9. The highest BCUT2D eigenvalue weighted by molar-refractivity contribution is 7.91. The number of benzene rings is 2. The number of nitrogens with zero attached hydrogens (tertiary/aromatic N) is 2. The Labute approximate surface area is 179 Å². The van der Waals surface area contributed by atoms with E-state index in [0.717, 1.165) is 16.8 Å². The molecule has 2 aromatic carbocycles. The smallest absolute Gasteiger partial charge is 0.253 e. The SMILES string of the molecule is Cc1ccc(S(=O)(=O)c2ccc(CNC(=O)c3ccc4nccn4c3)cc2)c(Cl)c1. The van der Waals surface area contributed by atoms with Gasteiger partial charge in [0, 0.05) is 25.1 Å². The molecule has 0 saturated carbocycles. The lowest BCUT2D eigenvalue weighted by atomic mass is 10.2. The Bertz CT molecular complexity index is 1350. The van der Waals surface area contributed by atoms with Gasteiger partial charge in [0.15, 0.2) is 0 Å². The second-order valence-corrected chi connectivity index (χ2v) is 9.20. The number of rotatable bonds is 5. The van der Waals surface area contributed by atoms with Crippen LogP contribution in [-0.4, -0.2) is 23.7 Å². The summed E-state index contributed by atoms with van der Waals surface area (Å²) < 4.78 is 27.5. The summed E-state index contributed by atoms with van der Waals surface area (Å²) in [5.74, 6) is -0.228. The van der Waals surface area contributed by atoms with Crippen molar-refractivity contribution in [1.82, 2.24) is 14.7 Å². The minimum atomic E-state index is -3.72. The number of pyridine rings is 1. The lowest BCUT2D eigenvalue weighted by Crippen LogP contribution is -2.23. The summed E-state index contributed by atoms with van der Waals surface area (Å²) in [6.07, 6.45) is 5.14. The number of sulfone groups is 1. The number of halogens is 1. The van der Waals surface area contributed by atoms with Crippen molar-refractivity contribution in [1.29, 1.82) is 0 Å². The number of imidazole rings is 1. The zero-order valence-electron chi connectivity index (χ0n) is 16.0. The van der Waals surface area contributed by atoms with Crippen LogP contribution in [-0.2, 0) is 16.4 Å². The maximum atomic E-state index is 12.9. The number of amides is 1. The largest absolute Gasteiger partial charge is 0.348 e. The van der Waals surface area contributed by atoms with Crippen molar-refractivity contribution >= 4 is 33.0 Å². The molecule has 30 heavy (non-hydrogen) atoms. The Balaban J connectivity index is 1.47. The first-order valence-electron chi connectivity index (χ1n) is 9.16. The van der Waals surface area contributed by atoms with Gasteiger partial charge in [0.1, 0.15) is 5.65 Å². The van der Waals surface area contributed by atoms with Gasteiger partial charge in [-0.1, -0.05) is 29.8 Å². The third-order valence-corrected chi connectivity index (χ3v) is 6.97. The van der Waals surface area contributed by atoms with Gasteiger partial charge in [-0.05, 0) is 54.4 Å². The summed E-state index contributed by atoms with van der Waals surface area (Å²) in [6.45, 7) is 2.12. The van der Waals surface area contributed by atoms with Crippen molar-refractivity contribution < 1.29 is 13.2 Å². The van der Waals surface area contributed by atoms with E-state index in [-0.39, 0.29) is 27.3 Å². The Hall–Kier alpha value is -3.16. The normalized spacial score (nSPS) is 11.5. The van der Waals surface area contributed by atoms with E-state index in [1.807, 2.05) is 6.92 Å². The zero-order valence-corrected chi connectivity index (χ0v) is 17.6. The molecule has 0 atom stereocenters. The van der Waals surface area contributed by atoms with Gasteiger partial charge < -0.3 is 9.72 Å². The van der Waals surface area contributed by atoms with E-state index in [1.165, 1.54) is 18.2 Å². The van der Waals surface area contributed by atoms with Gasteiger partial charge in [0.2, 0.25) is 9.84 Å². The second-order valence-electron chi connectivity index (χ2n) is 6.87. The summed E-state index contributed by atoms with van der Waals surface area (Å²) in [6, 6.07) is 14.7. The van der Waals surface area contributed by atoms with Crippen molar-refractivity contribution in [2.75, 3.05) is 0 Å². The number of carbonyl (C=O) groups is 1. The average molecular weight is 440 g/mol. The van der Waals surface area contributed by atoms with Crippen LogP contribution in [0.4, 0.5) is 0 Å². The van der Waals surface area contributed by atoms with Crippen LogP contribution in [0, 0.1) is 6.92 Å². The molecule has 152 valence electrons. The molecule has 0 radical (unpaired) electrons. The second kappa shape index (κ2) is 7.93. The highest BCUT2D eigenvalue weighted by atomic mass is 35.5. The fraction of sp³-hybridized carbons (Fsp3) is 0.0909. The molecule has 0 bridgehead atoms. The lowest BCUT2D eigenvalue weighted by Gasteiger charge is -2.09. The predicted octanol–water partition coefficient (Wildman–Crippen LogP) is 4.06. The summed E-state index contributed by atoms with van der Waals surface area (Å²) in [4.78, 5) is 16.8. The van der Waals surface area contributed by atoms with Crippen LogP contribution in [0.5, 0.6) is 0 Å². The number of nitrogens with one attached hydrogen (secondary N) is 1. The molecule has 0 fully saturated rings. The van der Waals surface area contributed by atoms with Crippen molar-refractivity contribution in [3.8, 4) is 0 Å². The summed E-state index contributed by atoms with van der Waals surface area (Å²) in [5, 5.41) is 3.03. The van der Waals surface area contributed by atoms with Crippen LogP contribution in [0.3, 0.4) is 0 Å². The van der Waals surface area contributed by atoms with Crippen LogP contribution in [0.25, 0.3) is 5.65 Å². The minimum Gasteiger partial charge on any atom is -0.348 e. The lowest BCUT2D eigenvalue weighted by molar-refractivity contribution is 0.0950. The van der Waals surface area contributed by atoms with E-state index >= 15 is 0 Å². The van der Waals surface area contributed by atoms with Crippen LogP contribution >= 0.6 is 11.6 Å². The molecule has 2 heterocycles. The molecule has 6 nitrogen and oxygen atoms in total. The minimum absolute atomic E-state index is 0.0747. The van der Waals surface area contributed by atoms with Crippen LogP contribution < -0.4 is 5.32 Å². The van der Waals surface area contributed by atoms with E-state index in [2.05, 4.69) is 10.3 Å². The zero-order chi connectivity index (χ0) is 21.3. The first-order valence-corrected chi connectivity index (χ1v) is 11.0. The Morgan fingerprint density at radius 3 is 2.60 bits per heavy atom. The number of aryl methyl sites for hydroxylation is 1. The van der Waals surface area contributed by atoms with Gasteiger partial charge in [-0.25, -0.2) is 13.4 Å². The van der Waals surface area contributed by atoms with Crippen LogP contribution in [0.15, 0.2) is 83.0 Å². The number of hydrogen-bond donors (Lipinski definition) is 1. The number of carbonyl (C=O) groups excluding carboxylic acids is 1. The molecule has 8 heteroatoms. The molecular weight excluding hydrogens is 422 g/mol. The van der Waals surface area contributed by atoms with E-state index in [1.54, 1.807) is 59.4 Å².